The van der Waals surface area contributed by atoms with E-state index in [4.69, 9.17) is 15.2 Å². The highest BCUT2D eigenvalue weighted by atomic mass is 32.2. The number of oxime groups is 1. The Kier molecular flexibility index (Phi) is 11.3. The highest BCUT2D eigenvalue weighted by Gasteiger charge is 2.54. The van der Waals surface area contributed by atoms with E-state index in [-0.39, 0.29) is 35.3 Å². The van der Waals surface area contributed by atoms with E-state index in [9.17, 15) is 24.4 Å². The Morgan fingerprint density at radius 2 is 2.09 bits per heavy atom. The predicted octanol–water partition coefficient (Wildman–Crippen LogP) is 2.89. The molecule has 232 valence electrons. The Labute approximate surface area is 261 Å². The maximum absolute atomic E-state index is 13.6. The average molecular weight is 641 g/mol. The number of esters is 2. The van der Waals surface area contributed by atoms with E-state index in [1.807, 2.05) is 19.9 Å². The van der Waals surface area contributed by atoms with Gasteiger partial charge in [0.25, 0.3) is 11.8 Å². The van der Waals surface area contributed by atoms with Gasteiger partial charge in [0, 0.05) is 23.5 Å². The topological polar surface area (TPSA) is 186 Å². The van der Waals surface area contributed by atoms with Crippen molar-refractivity contribution < 1.29 is 33.9 Å². The summed E-state index contributed by atoms with van der Waals surface area (Å²) in [6.45, 7) is 3.74. The van der Waals surface area contributed by atoms with Crippen molar-refractivity contribution >= 4 is 63.8 Å². The number of thiazole rings is 1. The zero-order valence-corrected chi connectivity index (χ0v) is 25.7. The Morgan fingerprint density at radius 1 is 1.27 bits per heavy atom. The summed E-state index contributed by atoms with van der Waals surface area (Å²) in [5, 5.41) is 16.0. The van der Waals surface area contributed by atoms with Crippen LogP contribution < -0.4 is 11.1 Å². The van der Waals surface area contributed by atoms with Crippen molar-refractivity contribution in [1.82, 2.24) is 20.2 Å². The number of nitrogens with one attached hydrogen (secondary N) is 1. The Balaban J connectivity index is 1.55. The summed E-state index contributed by atoms with van der Waals surface area (Å²) < 4.78 is 10.9. The van der Waals surface area contributed by atoms with Crippen LogP contribution in [-0.4, -0.2) is 79.9 Å². The van der Waals surface area contributed by atoms with Gasteiger partial charge in [-0.2, -0.15) is 0 Å². The molecule has 2 aromatic rings. The van der Waals surface area contributed by atoms with Gasteiger partial charge in [0.15, 0.2) is 10.8 Å². The van der Waals surface area contributed by atoms with Crippen LogP contribution in [0.2, 0.25) is 0 Å². The van der Waals surface area contributed by atoms with Gasteiger partial charge < -0.3 is 25.7 Å². The summed E-state index contributed by atoms with van der Waals surface area (Å²) in [6, 6.07) is 2.59. The Morgan fingerprint density at radius 3 is 2.75 bits per heavy atom. The summed E-state index contributed by atoms with van der Waals surface area (Å²) in [4.78, 5) is 61.8. The van der Waals surface area contributed by atoms with Crippen molar-refractivity contribution in [3.8, 4) is 0 Å². The zero-order chi connectivity index (χ0) is 31.6. The molecule has 4 heterocycles. The third-order valence-corrected chi connectivity index (χ3v) is 8.50. The first-order chi connectivity index (χ1) is 21.3. The molecule has 2 aromatic heterocycles. The van der Waals surface area contributed by atoms with Gasteiger partial charge in [-0.15, -0.1) is 23.1 Å². The van der Waals surface area contributed by atoms with Gasteiger partial charge in [-0.25, -0.2) is 14.6 Å². The lowest BCUT2D eigenvalue weighted by Gasteiger charge is -2.49. The minimum Gasteiger partial charge on any atom is -0.462 e. The molecule has 0 radical (unpaired) electrons. The van der Waals surface area contributed by atoms with Gasteiger partial charge in [-0.05, 0) is 30.0 Å². The quantitative estimate of drug-likeness (QED) is 0.0556. The molecule has 15 heteroatoms. The number of allylic oxidation sites excluding steroid dienone is 2. The summed E-state index contributed by atoms with van der Waals surface area (Å²) in [5.74, 6) is -2.46. The number of nitrogen functional groups attached to an aromatic ring is 1. The number of carbonyl (C=O) groups is 4. The van der Waals surface area contributed by atoms with Gasteiger partial charge >= 0.3 is 11.9 Å². The molecule has 2 amide bonds. The summed E-state index contributed by atoms with van der Waals surface area (Å²) in [5.41, 5.74) is 6.78. The van der Waals surface area contributed by atoms with Gasteiger partial charge in [0.2, 0.25) is 0 Å². The SMILES string of the molecule is CC/C=C(\COC(=O)C1=C(/C=C\c2cccnc2)CS[C@H]2[C@H](NC(=O)C(=NO)c3csc(N)n3)C(=O)N12)C(=O)OCCCC. The van der Waals surface area contributed by atoms with Crippen LogP contribution in [0, 0.1) is 0 Å². The summed E-state index contributed by atoms with van der Waals surface area (Å²) >= 11 is 2.40. The maximum atomic E-state index is 13.6. The number of fused-ring (bicyclic) bond motifs is 1. The van der Waals surface area contributed by atoms with Gasteiger partial charge in [0.05, 0.1) is 12.2 Å². The van der Waals surface area contributed by atoms with Crippen molar-refractivity contribution in [2.45, 2.75) is 44.5 Å². The molecule has 0 bridgehead atoms. The minimum absolute atomic E-state index is 0.00270. The molecule has 1 fully saturated rings. The lowest BCUT2D eigenvalue weighted by atomic mass is 10.0. The summed E-state index contributed by atoms with van der Waals surface area (Å²) in [6.07, 6.45) is 10.5. The molecule has 2 aliphatic rings. The van der Waals surface area contributed by atoms with Gasteiger partial charge in [-0.1, -0.05) is 49.7 Å². The van der Waals surface area contributed by atoms with Crippen LogP contribution in [0.1, 0.15) is 44.4 Å². The predicted molar refractivity (Wildman–Crippen MR) is 165 cm³/mol. The Hall–Kier alpha value is -4.50. The molecule has 0 aromatic carbocycles. The molecule has 0 unspecified atom stereocenters. The largest absolute Gasteiger partial charge is 0.462 e. The number of β-lactam (4-membered cyclic amide) rings is 1. The zero-order valence-electron chi connectivity index (χ0n) is 24.1. The normalized spacial score (nSPS) is 18.6. The molecule has 2 aliphatic heterocycles. The molecular weight excluding hydrogens is 608 g/mol. The fraction of sp³-hybridized carbons (Fsp3) is 0.345. The first-order valence-electron chi connectivity index (χ1n) is 13.8. The number of unbranched alkanes of at least 4 members (excludes halogenated alkanes) is 1. The lowest BCUT2D eigenvalue weighted by Crippen LogP contribution is -2.71. The number of hydrogen-bond donors (Lipinski definition) is 3. The van der Waals surface area contributed by atoms with Gasteiger partial charge in [0.1, 0.15) is 29.4 Å². The lowest BCUT2D eigenvalue weighted by molar-refractivity contribution is -0.152. The van der Waals surface area contributed by atoms with Crippen LogP contribution in [-0.2, 0) is 28.7 Å². The number of thioether (sulfide) groups is 1. The molecule has 13 nitrogen and oxygen atoms in total. The number of ether oxygens (including phenoxy) is 2. The highest BCUT2D eigenvalue weighted by Crippen LogP contribution is 2.41. The molecule has 0 saturated carbocycles. The second-order valence-corrected chi connectivity index (χ2v) is 11.6. The Bertz CT molecular complexity index is 1520. The van der Waals surface area contributed by atoms with E-state index in [0.717, 1.165) is 23.3 Å². The first kappa shape index (κ1) is 32.4. The van der Waals surface area contributed by atoms with E-state index in [0.29, 0.717) is 24.2 Å². The van der Waals surface area contributed by atoms with E-state index in [2.05, 4.69) is 20.4 Å². The number of nitrogens with two attached hydrogens (primary N) is 1. The molecule has 44 heavy (non-hydrogen) atoms. The van der Waals surface area contributed by atoms with Crippen molar-refractivity contribution in [2.24, 2.45) is 5.16 Å². The molecule has 0 aliphatic carbocycles. The number of anilines is 1. The highest BCUT2D eigenvalue weighted by molar-refractivity contribution is 8.00. The van der Waals surface area contributed by atoms with Crippen LogP contribution in [0.5, 0.6) is 0 Å². The molecule has 2 atom stereocenters. The standard InChI is InChI=1S/C29H32N6O7S2/c1-3-5-12-41-27(38)18(7-4-2)14-42-28(39)23-19(10-9-17-8-6-11-31-13-17)15-43-26-22(25(37)35(23)26)33-24(36)21(34-40)20-16-44-29(30)32-20/h6-11,13,16,22,26,40H,3-5,12,14-15H2,1-2H3,(H2,30,32)(H,33,36)/b10-9-,18-7+,34-21?/t22-,26+/m1/s1. The molecule has 4 N–H and O–H groups in total. The number of hydrogen-bond acceptors (Lipinski definition) is 13. The van der Waals surface area contributed by atoms with Crippen molar-refractivity contribution in [2.75, 3.05) is 24.7 Å². The van der Waals surface area contributed by atoms with Crippen molar-refractivity contribution in [3.63, 3.8) is 0 Å². The number of pyridine rings is 1. The van der Waals surface area contributed by atoms with E-state index >= 15 is 0 Å². The summed E-state index contributed by atoms with van der Waals surface area (Å²) in [7, 11) is 0. The number of aromatic nitrogens is 2. The fourth-order valence-corrected chi connectivity index (χ4v) is 6.18. The van der Waals surface area contributed by atoms with Gasteiger partial charge in [-0.3, -0.25) is 19.5 Å². The molecule has 1 saturated heterocycles. The van der Waals surface area contributed by atoms with Crippen molar-refractivity contribution in [1.29, 1.82) is 0 Å². The third kappa shape index (κ3) is 7.52. The number of nitrogens with zero attached hydrogens (tertiary/aromatic N) is 4. The molecule has 4 rings (SSSR count). The van der Waals surface area contributed by atoms with Crippen molar-refractivity contribution in [3.05, 3.63) is 70.2 Å². The van der Waals surface area contributed by atoms with Crippen LogP contribution in [0.3, 0.4) is 0 Å². The van der Waals surface area contributed by atoms with E-state index in [1.54, 1.807) is 36.7 Å². The third-order valence-electron chi connectivity index (χ3n) is 6.52. The fourth-order valence-electron chi connectivity index (χ4n) is 4.31. The number of amides is 2. The smallest absolute Gasteiger partial charge is 0.355 e. The second kappa shape index (κ2) is 15.3. The maximum Gasteiger partial charge on any atom is 0.355 e. The monoisotopic (exact) mass is 640 g/mol. The average Bonchev–Trinajstić information content (AvgIpc) is 3.46. The molecule has 0 spiro atoms. The van der Waals surface area contributed by atoms with E-state index < -0.39 is 40.9 Å². The number of carbonyl (C=O) groups excluding carboxylic acids is 4. The van der Waals surface area contributed by atoms with Crippen LogP contribution >= 0.6 is 23.1 Å². The van der Waals surface area contributed by atoms with Crippen LogP contribution in [0.15, 0.2) is 64.1 Å². The number of rotatable bonds is 13. The molecular formula is C29H32N6O7S2. The van der Waals surface area contributed by atoms with E-state index in [1.165, 1.54) is 22.0 Å². The van der Waals surface area contributed by atoms with Crippen LogP contribution in [0.4, 0.5) is 5.13 Å². The first-order valence-corrected chi connectivity index (χ1v) is 15.7. The second-order valence-electron chi connectivity index (χ2n) is 9.58. The van der Waals surface area contributed by atoms with Crippen LogP contribution in [0.25, 0.3) is 6.08 Å². The minimum atomic E-state index is -1.02.